The lowest BCUT2D eigenvalue weighted by Gasteiger charge is -2.09. The summed E-state index contributed by atoms with van der Waals surface area (Å²) in [5, 5.41) is 8.85. The SMILES string of the molecule is CCC[C@H](C#N)N[S@@](=O)c1ccc(C)cc1. The van der Waals surface area contributed by atoms with Crippen LogP contribution >= 0.6 is 0 Å². The highest BCUT2D eigenvalue weighted by Crippen LogP contribution is 2.08. The van der Waals surface area contributed by atoms with Gasteiger partial charge in [-0.2, -0.15) is 5.26 Å². The van der Waals surface area contributed by atoms with Gasteiger partial charge in [-0.25, -0.2) is 8.93 Å². The molecule has 1 rings (SSSR count). The normalized spacial score (nSPS) is 14.1. The third-order valence-electron chi connectivity index (χ3n) is 2.22. The lowest BCUT2D eigenvalue weighted by Crippen LogP contribution is -2.29. The van der Waals surface area contributed by atoms with Gasteiger partial charge in [-0.05, 0) is 25.5 Å². The Morgan fingerprint density at radius 1 is 1.44 bits per heavy atom. The molecule has 0 saturated heterocycles. The van der Waals surface area contributed by atoms with Crippen LogP contribution in [-0.4, -0.2) is 10.3 Å². The number of hydrogen-bond acceptors (Lipinski definition) is 2. The van der Waals surface area contributed by atoms with E-state index in [-0.39, 0.29) is 6.04 Å². The molecule has 86 valence electrons. The van der Waals surface area contributed by atoms with Gasteiger partial charge in [0.2, 0.25) is 0 Å². The Labute approximate surface area is 99.1 Å². The molecule has 0 aliphatic rings. The summed E-state index contributed by atoms with van der Waals surface area (Å²) in [6.45, 7) is 3.98. The van der Waals surface area contributed by atoms with Gasteiger partial charge in [-0.1, -0.05) is 31.0 Å². The smallest absolute Gasteiger partial charge is 0.126 e. The molecular formula is C12H16N2OS. The van der Waals surface area contributed by atoms with Crippen molar-refractivity contribution in [3.8, 4) is 6.07 Å². The van der Waals surface area contributed by atoms with Gasteiger partial charge in [-0.3, -0.25) is 0 Å². The minimum atomic E-state index is -1.30. The molecule has 1 aromatic carbocycles. The summed E-state index contributed by atoms with van der Waals surface area (Å²) in [5.41, 5.74) is 1.13. The molecule has 0 fully saturated rings. The number of hydrogen-bond donors (Lipinski definition) is 1. The summed E-state index contributed by atoms with van der Waals surface area (Å²) in [4.78, 5) is 0.710. The minimum Gasteiger partial charge on any atom is -0.237 e. The average Bonchev–Trinajstić information content (AvgIpc) is 2.29. The van der Waals surface area contributed by atoms with E-state index in [9.17, 15) is 4.21 Å². The van der Waals surface area contributed by atoms with Crippen molar-refractivity contribution in [2.24, 2.45) is 0 Å². The molecule has 0 saturated carbocycles. The second-order valence-corrected chi connectivity index (χ2v) is 4.91. The molecule has 3 nitrogen and oxygen atoms in total. The van der Waals surface area contributed by atoms with Gasteiger partial charge in [0.1, 0.15) is 17.0 Å². The maximum absolute atomic E-state index is 11.8. The Kier molecular flexibility index (Phi) is 5.17. The van der Waals surface area contributed by atoms with E-state index in [0.717, 1.165) is 12.0 Å². The first-order valence-electron chi connectivity index (χ1n) is 5.31. The van der Waals surface area contributed by atoms with Gasteiger partial charge in [0.15, 0.2) is 0 Å². The largest absolute Gasteiger partial charge is 0.237 e. The maximum Gasteiger partial charge on any atom is 0.126 e. The molecule has 0 spiro atoms. The molecule has 0 unspecified atom stereocenters. The highest BCUT2D eigenvalue weighted by Gasteiger charge is 2.10. The fourth-order valence-corrected chi connectivity index (χ4v) is 2.25. The summed E-state index contributed by atoms with van der Waals surface area (Å²) < 4.78 is 14.7. The van der Waals surface area contributed by atoms with Crippen LogP contribution in [0, 0.1) is 18.3 Å². The zero-order valence-electron chi connectivity index (χ0n) is 9.56. The fraction of sp³-hybridized carbons (Fsp3) is 0.417. The molecule has 1 aromatic rings. The van der Waals surface area contributed by atoms with Crippen LogP contribution in [0.15, 0.2) is 29.2 Å². The first-order chi connectivity index (χ1) is 7.67. The molecule has 0 amide bonds. The van der Waals surface area contributed by atoms with Crippen molar-refractivity contribution < 1.29 is 4.21 Å². The van der Waals surface area contributed by atoms with Crippen LogP contribution in [0.5, 0.6) is 0 Å². The minimum absolute atomic E-state index is 0.341. The average molecular weight is 236 g/mol. The van der Waals surface area contributed by atoms with Crippen molar-refractivity contribution in [1.82, 2.24) is 4.72 Å². The number of benzene rings is 1. The highest BCUT2D eigenvalue weighted by molar-refractivity contribution is 7.83. The van der Waals surface area contributed by atoms with Crippen molar-refractivity contribution in [2.45, 2.75) is 37.6 Å². The molecule has 1 N–H and O–H groups in total. The van der Waals surface area contributed by atoms with Gasteiger partial charge in [0, 0.05) is 0 Å². The van der Waals surface area contributed by atoms with Crippen LogP contribution < -0.4 is 4.72 Å². The zero-order chi connectivity index (χ0) is 12.0. The van der Waals surface area contributed by atoms with Crippen molar-refractivity contribution in [2.75, 3.05) is 0 Å². The highest BCUT2D eigenvalue weighted by atomic mass is 32.2. The Hall–Kier alpha value is -1.18. The van der Waals surface area contributed by atoms with Crippen molar-refractivity contribution in [3.05, 3.63) is 29.8 Å². The van der Waals surface area contributed by atoms with E-state index in [1.807, 2.05) is 38.1 Å². The van der Waals surface area contributed by atoms with Gasteiger partial charge in [0.05, 0.1) is 11.0 Å². The Morgan fingerprint density at radius 3 is 2.56 bits per heavy atom. The third-order valence-corrected chi connectivity index (χ3v) is 3.42. The summed E-state index contributed by atoms with van der Waals surface area (Å²) in [5.74, 6) is 0. The van der Waals surface area contributed by atoms with Gasteiger partial charge < -0.3 is 0 Å². The predicted molar refractivity (Wildman–Crippen MR) is 65.0 cm³/mol. The molecule has 4 heteroatoms. The third kappa shape index (κ3) is 3.76. The fourth-order valence-electron chi connectivity index (χ4n) is 1.30. The summed E-state index contributed by atoms with van der Waals surface area (Å²) in [6, 6.07) is 9.23. The number of rotatable bonds is 5. The van der Waals surface area contributed by atoms with Crippen LogP contribution in [-0.2, 0) is 11.0 Å². The Bertz CT molecular complexity index is 394. The van der Waals surface area contributed by atoms with E-state index in [0.29, 0.717) is 11.3 Å². The van der Waals surface area contributed by atoms with E-state index >= 15 is 0 Å². The number of nitrogens with zero attached hydrogens (tertiary/aromatic N) is 1. The first-order valence-corrected chi connectivity index (χ1v) is 6.46. The quantitative estimate of drug-likeness (QED) is 0.852. The standard InChI is InChI=1S/C12H16N2OS/c1-3-4-11(9-13)14-16(15)12-7-5-10(2)6-8-12/h5-8,11,14H,3-4H2,1-2H3/t11-,16+/m1/s1. The number of nitriles is 1. The summed E-state index contributed by atoms with van der Waals surface area (Å²) >= 11 is 0. The van der Waals surface area contributed by atoms with E-state index in [2.05, 4.69) is 10.8 Å². The van der Waals surface area contributed by atoms with Crippen LogP contribution in [0.1, 0.15) is 25.3 Å². The Morgan fingerprint density at radius 2 is 2.06 bits per heavy atom. The molecule has 0 aliphatic carbocycles. The molecule has 0 heterocycles. The molecule has 0 bridgehead atoms. The molecule has 0 aliphatic heterocycles. The van der Waals surface area contributed by atoms with E-state index < -0.39 is 11.0 Å². The zero-order valence-corrected chi connectivity index (χ0v) is 10.4. The monoisotopic (exact) mass is 236 g/mol. The summed E-state index contributed by atoms with van der Waals surface area (Å²) in [7, 11) is -1.30. The van der Waals surface area contributed by atoms with Crippen molar-refractivity contribution in [1.29, 1.82) is 5.26 Å². The number of aryl methyl sites for hydroxylation is 1. The summed E-state index contributed by atoms with van der Waals surface area (Å²) in [6.07, 6.45) is 1.62. The molecule has 0 radical (unpaired) electrons. The van der Waals surface area contributed by atoms with Gasteiger partial charge in [-0.15, -0.1) is 0 Å². The van der Waals surface area contributed by atoms with Crippen LogP contribution in [0.25, 0.3) is 0 Å². The number of nitrogens with one attached hydrogen (secondary N) is 1. The second-order valence-electron chi connectivity index (χ2n) is 3.67. The van der Waals surface area contributed by atoms with E-state index in [1.54, 1.807) is 0 Å². The van der Waals surface area contributed by atoms with Crippen LogP contribution in [0.2, 0.25) is 0 Å². The molecule has 2 atom stereocenters. The van der Waals surface area contributed by atoms with Crippen LogP contribution in [0.4, 0.5) is 0 Å². The Balaban J connectivity index is 2.65. The second kappa shape index (κ2) is 6.41. The maximum atomic E-state index is 11.8. The van der Waals surface area contributed by atoms with Crippen molar-refractivity contribution in [3.63, 3.8) is 0 Å². The lowest BCUT2D eigenvalue weighted by molar-refractivity contribution is 0.634. The lowest BCUT2D eigenvalue weighted by atomic mass is 10.2. The van der Waals surface area contributed by atoms with Crippen molar-refractivity contribution >= 4 is 11.0 Å². The molecule has 16 heavy (non-hydrogen) atoms. The van der Waals surface area contributed by atoms with E-state index in [4.69, 9.17) is 5.26 Å². The topological polar surface area (TPSA) is 52.9 Å². The van der Waals surface area contributed by atoms with Crippen LogP contribution in [0.3, 0.4) is 0 Å². The van der Waals surface area contributed by atoms with Gasteiger partial charge in [0.25, 0.3) is 0 Å². The van der Waals surface area contributed by atoms with E-state index in [1.165, 1.54) is 0 Å². The predicted octanol–water partition coefficient (Wildman–Crippen LogP) is 2.30. The van der Waals surface area contributed by atoms with Gasteiger partial charge >= 0.3 is 0 Å². The molecule has 0 aromatic heterocycles. The molecular weight excluding hydrogens is 220 g/mol. The first kappa shape index (κ1) is 12.9.